The molecule has 0 spiro atoms. The van der Waals surface area contributed by atoms with Gasteiger partial charge < -0.3 is 5.32 Å². The van der Waals surface area contributed by atoms with Crippen LogP contribution in [0.4, 0.5) is 0 Å². The van der Waals surface area contributed by atoms with E-state index < -0.39 is 0 Å². The van der Waals surface area contributed by atoms with Crippen molar-refractivity contribution in [3.8, 4) is 0 Å². The molecular weight excluding hydrogens is 342 g/mol. The van der Waals surface area contributed by atoms with Crippen molar-refractivity contribution in [2.24, 2.45) is 0 Å². The molecule has 0 bridgehead atoms. The largest absolute Gasteiger partial charge is 0.349 e. The van der Waals surface area contributed by atoms with Crippen LogP contribution in [-0.2, 0) is 6.54 Å². The lowest BCUT2D eigenvalue weighted by atomic mass is 10.0. The molecule has 4 rings (SSSR count). The third-order valence-electron chi connectivity index (χ3n) is 4.91. The zero-order valence-electron chi connectivity index (χ0n) is 14.9. The van der Waals surface area contributed by atoms with Crippen LogP contribution in [0, 0.1) is 0 Å². The second-order valence-corrected chi connectivity index (χ2v) is 6.79. The van der Waals surface area contributed by atoms with Crippen molar-refractivity contribution in [1.29, 1.82) is 0 Å². The molecule has 3 aromatic rings. The van der Waals surface area contributed by atoms with Crippen LogP contribution in [0.1, 0.15) is 28.8 Å². The van der Waals surface area contributed by atoms with Gasteiger partial charge in [-0.3, -0.25) is 23.9 Å². The molecule has 1 amide bonds. The van der Waals surface area contributed by atoms with Crippen molar-refractivity contribution in [1.82, 2.24) is 24.6 Å². The Morgan fingerprint density at radius 3 is 2.78 bits per heavy atom. The second-order valence-electron chi connectivity index (χ2n) is 6.79. The molecule has 27 heavy (non-hydrogen) atoms. The first-order valence-electron chi connectivity index (χ1n) is 9.09. The number of nitrogens with zero attached hydrogens (tertiary/aromatic N) is 4. The van der Waals surface area contributed by atoms with E-state index in [2.05, 4.69) is 26.3 Å². The van der Waals surface area contributed by atoms with Gasteiger partial charge in [-0.2, -0.15) is 0 Å². The van der Waals surface area contributed by atoms with E-state index in [1.807, 2.05) is 12.3 Å². The zero-order valence-corrected chi connectivity index (χ0v) is 14.9. The number of hydrogen-bond donors (Lipinski definition) is 1. The van der Waals surface area contributed by atoms with Crippen LogP contribution in [0.25, 0.3) is 5.65 Å². The molecule has 1 aliphatic rings. The predicted octanol–water partition coefficient (Wildman–Crippen LogP) is 1.48. The van der Waals surface area contributed by atoms with Crippen LogP contribution < -0.4 is 10.9 Å². The van der Waals surface area contributed by atoms with Crippen molar-refractivity contribution >= 4 is 11.6 Å². The van der Waals surface area contributed by atoms with Crippen LogP contribution in [0.15, 0.2) is 59.9 Å². The number of rotatable bonds is 4. The van der Waals surface area contributed by atoms with Crippen LogP contribution in [0.5, 0.6) is 0 Å². The number of carbonyl (C=O) groups is 1. The fourth-order valence-electron chi connectivity index (χ4n) is 3.43. The first-order valence-corrected chi connectivity index (χ1v) is 9.09. The maximum Gasteiger partial charge on any atom is 0.270 e. The highest BCUT2D eigenvalue weighted by atomic mass is 16.2. The molecule has 7 heteroatoms. The summed E-state index contributed by atoms with van der Waals surface area (Å²) < 4.78 is 1.39. The van der Waals surface area contributed by atoms with Gasteiger partial charge in [-0.05, 0) is 36.6 Å². The monoisotopic (exact) mass is 363 g/mol. The molecule has 0 aromatic carbocycles. The van der Waals surface area contributed by atoms with Gasteiger partial charge in [-0.15, -0.1) is 0 Å². The van der Waals surface area contributed by atoms with Gasteiger partial charge in [-0.1, -0.05) is 12.1 Å². The first kappa shape index (κ1) is 17.4. The Hall–Kier alpha value is -3.06. The average molecular weight is 363 g/mol. The Balaban J connectivity index is 1.37. The molecule has 0 radical (unpaired) electrons. The Bertz CT molecular complexity index is 994. The quantitative estimate of drug-likeness (QED) is 0.760. The fraction of sp³-hybridized carbons (Fsp3) is 0.300. The normalized spacial score (nSPS) is 15.7. The summed E-state index contributed by atoms with van der Waals surface area (Å²) in [6.45, 7) is 2.66. The van der Waals surface area contributed by atoms with E-state index in [0.717, 1.165) is 32.5 Å². The summed E-state index contributed by atoms with van der Waals surface area (Å²) in [4.78, 5) is 35.8. The third-order valence-corrected chi connectivity index (χ3v) is 4.91. The first-order chi connectivity index (χ1) is 13.2. The SMILES string of the molecule is O=C(NC1CCN(Cc2cccnc2)CC1)c1cnc2ccccn2c1=O. The van der Waals surface area contributed by atoms with E-state index in [0.29, 0.717) is 5.65 Å². The van der Waals surface area contributed by atoms with Crippen LogP contribution in [-0.4, -0.2) is 44.3 Å². The lowest BCUT2D eigenvalue weighted by Crippen LogP contribution is -2.45. The van der Waals surface area contributed by atoms with E-state index in [1.165, 1.54) is 16.2 Å². The highest BCUT2D eigenvalue weighted by molar-refractivity contribution is 5.93. The molecule has 3 aromatic heterocycles. The van der Waals surface area contributed by atoms with Crippen molar-refractivity contribution in [3.05, 3.63) is 76.6 Å². The van der Waals surface area contributed by atoms with Crippen LogP contribution >= 0.6 is 0 Å². The smallest absolute Gasteiger partial charge is 0.270 e. The number of piperidine rings is 1. The van der Waals surface area contributed by atoms with Gasteiger partial charge >= 0.3 is 0 Å². The molecular formula is C20H21N5O2. The summed E-state index contributed by atoms with van der Waals surface area (Å²) in [5.41, 5.74) is 1.46. The predicted molar refractivity (Wildman–Crippen MR) is 101 cm³/mol. The maximum atomic E-state index is 12.6. The van der Waals surface area contributed by atoms with E-state index in [1.54, 1.807) is 30.6 Å². The molecule has 0 aliphatic carbocycles. The molecule has 1 N–H and O–H groups in total. The molecule has 0 saturated carbocycles. The van der Waals surface area contributed by atoms with Crippen molar-refractivity contribution in [3.63, 3.8) is 0 Å². The topological polar surface area (TPSA) is 79.6 Å². The van der Waals surface area contributed by atoms with E-state index in [9.17, 15) is 9.59 Å². The minimum Gasteiger partial charge on any atom is -0.349 e. The number of hydrogen-bond acceptors (Lipinski definition) is 5. The number of likely N-dealkylation sites (tertiary alicyclic amines) is 1. The molecule has 0 atom stereocenters. The molecule has 1 aliphatic heterocycles. The molecule has 4 heterocycles. The molecule has 138 valence electrons. The van der Waals surface area contributed by atoms with Gasteiger partial charge in [0.2, 0.25) is 0 Å². The van der Waals surface area contributed by atoms with Gasteiger partial charge in [0.15, 0.2) is 0 Å². The zero-order chi connectivity index (χ0) is 18.6. The second kappa shape index (κ2) is 7.67. The number of amides is 1. The van der Waals surface area contributed by atoms with E-state index >= 15 is 0 Å². The van der Waals surface area contributed by atoms with E-state index in [-0.39, 0.29) is 23.1 Å². The highest BCUT2D eigenvalue weighted by Crippen LogP contribution is 2.14. The summed E-state index contributed by atoms with van der Waals surface area (Å²) in [5.74, 6) is -0.350. The molecule has 1 saturated heterocycles. The lowest BCUT2D eigenvalue weighted by molar-refractivity contribution is 0.0907. The summed E-state index contributed by atoms with van der Waals surface area (Å²) in [5, 5.41) is 2.99. The Kier molecular flexibility index (Phi) is 4.93. The minimum absolute atomic E-state index is 0.0681. The minimum atomic E-state index is -0.350. The maximum absolute atomic E-state index is 12.6. The summed E-state index contributed by atoms with van der Waals surface area (Å²) in [7, 11) is 0. The molecule has 7 nitrogen and oxygen atoms in total. The van der Waals surface area contributed by atoms with Gasteiger partial charge in [0.05, 0.1) is 0 Å². The summed E-state index contributed by atoms with van der Waals surface area (Å²) in [6.07, 6.45) is 8.36. The number of pyridine rings is 2. The lowest BCUT2D eigenvalue weighted by Gasteiger charge is -2.32. The molecule has 0 unspecified atom stereocenters. The summed E-state index contributed by atoms with van der Waals surface area (Å²) in [6, 6.07) is 9.37. The van der Waals surface area contributed by atoms with Gasteiger partial charge in [-0.25, -0.2) is 4.98 Å². The number of carbonyl (C=O) groups excluding carboxylic acids is 1. The van der Waals surface area contributed by atoms with Gasteiger partial charge in [0.25, 0.3) is 11.5 Å². The van der Waals surface area contributed by atoms with Gasteiger partial charge in [0, 0.05) is 50.5 Å². The van der Waals surface area contributed by atoms with Crippen molar-refractivity contribution in [2.75, 3.05) is 13.1 Å². The average Bonchev–Trinajstić information content (AvgIpc) is 2.71. The van der Waals surface area contributed by atoms with Gasteiger partial charge in [0.1, 0.15) is 11.2 Å². The summed E-state index contributed by atoms with van der Waals surface area (Å²) >= 11 is 0. The number of nitrogens with one attached hydrogen (secondary N) is 1. The van der Waals surface area contributed by atoms with Crippen LogP contribution in [0.2, 0.25) is 0 Å². The Labute approximate surface area is 156 Å². The highest BCUT2D eigenvalue weighted by Gasteiger charge is 2.22. The van der Waals surface area contributed by atoms with Crippen molar-refractivity contribution < 1.29 is 4.79 Å². The van der Waals surface area contributed by atoms with E-state index in [4.69, 9.17) is 0 Å². The Morgan fingerprint density at radius 1 is 1.15 bits per heavy atom. The van der Waals surface area contributed by atoms with Crippen LogP contribution in [0.3, 0.4) is 0 Å². The Morgan fingerprint density at radius 2 is 2.00 bits per heavy atom. The molecule has 1 fully saturated rings. The standard InChI is InChI=1S/C20H21N5O2/c26-19(17-13-22-18-5-1-2-9-25(18)20(17)27)23-16-6-10-24(11-7-16)14-15-4-3-8-21-12-15/h1-5,8-9,12-13,16H,6-7,10-11,14H2,(H,23,26). The fourth-order valence-corrected chi connectivity index (χ4v) is 3.43. The number of fused-ring (bicyclic) bond motifs is 1. The number of aromatic nitrogens is 3. The third kappa shape index (κ3) is 3.88. The van der Waals surface area contributed by atoms with Crippen molar-refractivity contribution in [2.45, 2.75) is 25.4 Å².